The van der Waals surface area contributed by atoms with Crippen LogP contribution in [-0.4, -0.2) is 20.8 Å². The minimum Gasteiger partial charge on any atom is -0.347 e. The molecule has 1 amide bonds. The molecule has 2 rings (SSSR count). The summed E-state index contributed by atoms with van der Waals surface area (Å²) in [5.74, 6) is 0.240. The zero-order chi connectivity index (χ0) is 13.0. The van der Waals surface area contributed by atoms with Gasteiger partial charge in [0.15, 0.2) is 0 Å². The van der Waals surface area contributed by atoms with Crippen molar-refractivity contribution in [3.63, 3.8) is 0 Å². The zero-order valence-corrected chi connectivity index (χ0v) is 9.29. The molecule has 1 aromatic carbocycles. The van der Waals surface area contributed by atoms with Crippen LogP contribution >= 0.6 is 0 Å². The number of aromatic amines is 1. The number of benzene rings is 1. The minimum atomic E-state index is -0.538. The van der Waals surface area contributed by atoms with E-state index in [9.17, 15) is 14.9 Å². The van der Waals surface area contributed by atoms with Crippen LogP contribution in [0.2, 0.25) is 0 Å². The van der Waals surface area contributed by atoms with Gasteiger partial charge in [-0.25, -0.2) is 4.98 Å². The van der Waals surface area contributed by atoms with Crippen molar-refractivity contribution in [3.05, 3.63) is 58.2 Å². The molecule has 7 heteroatoms. The third-order valence-electron chi connectivity index (χ3n) is 2.29. The highest BCUT2D eigenvalue weighted by molar-refractivity contribution is 5.94. The Morgan fingerprint density at radius 1 is 1.50 bits per heavy atom. The summed E-state index contributed by atoms with van der Waals surface area (Å²) in [6, 6.07) is 5.56. The number of imidazole rings is 1. The fourth-order valence-electron chi connectivity index (χ4n) is 1.42. The number of nitro groups is 1. The zero-order valence-electron chi connectivity index (χ0n) is 9.29. The SMILES string of the molecule is O=C(NCc1ncc[nH]1)c1cccc([N+](=O)[O-])c1. The summed E-state index contributed by atoms with van der Waals surface area (Å²) >= 11 is 0. The molecule has 0 unspecified atom stereocenters. The van der Waals surface area contributed by atoms with Gasteiger partial charge in [-0.3, -0.25) is 14.9 Å². The number of non-ortho nitro benzene ring substituents is 1. The van der Waals surface area contributed by atoms with Crippen molar-refractivity contribution in [2.45, 2.75) is 6.54 Å². The molecule has 0 aliphatic heterocycles. The van der Waals surface area contributed by atoms with Crippen molar-refractivity contribution in [2.24, 2.45) is 0 Å². The number of nitro benzene ring substituents is 1. The Bertz CT molecular complexity index is 565. The lowest BCUT2D eigenvalue weighted by molar-refractivity contribution is -0.384. The van der Waals surface area contributed by atoms with Gasteiger partial charge in [0.05, 0.1) is 11.5 Å². The van der Waals surface area contributed by atoms with Crippen LogP contribution in [0.15, 0.2) is 36.7 Å². The standard InChI is InChI=1S/C11H10N4O3/c16-11(14-7-10-12-4-5-13-10)8-2-1-3-9(6-8)15(17)18/h1-6H,7H2,(H,12,13)(H,14,16). The second-order valence-electron chi connectivity index (χ2n) is 3.53. The maximum atomic E-state index is 11.7. The number of hydrogen-bond donors (Lipinski definition) is 2. The van der Waals surface area contributed by atoms with E-state index >= 15 is 0 Å². The number of hydrogen-bond acceptors (Lipinski definition) is 4. The minimum absolute atomic E-state index is 0.111. The van der Waals surface area contributed by atoms with Gasteiger partial charge in [0, 0.05) is 30.1 Å². The van der Waals surface area contributed by atoms with E-state index in [2.05, 4.69) is 15.3 Å². The van der Waals surface area contributed by atoms with Gasteiger partial charge < -0.3 is 10.3 Å². The van der Waals surface area contributed by atoms with Gasteiger partial charge in [-0.1, -0.05) is 6.07 Å². The number of rotatable bonds is 4. The largest absolute Gasteiger partial charge is 0.347 e. The van der Waals surface area contributed by atoms with Crippen molar-refractivity contribution in [3.8, 4) is 0 Å². The van der Waals surface area contributed by atoms with Crippen LogP contribution in [0.1, 0.15) is 16.2 Å². The molecule has 92 valence electrons. The fraction of sp³-hybridized carbons (Fsp3) is 0.0909. The lowest BCUT2D eigenvalue weighted by atomic mass is 10.2. The Labute approximate surface area is 102 Å². The van der Waals surface area contributed by atoms with Gasteiger partial charge in [-0.05, 0) is 6.07 Å². The smallest absolute Gasteiger partial charge is 0.270 e. The lowest BCUT2D eigenvalue weighted by Crippen LogP contribution is -2.23. The highest BCUT2D eigenvalue weighted by Gasteiger charge is 2.11. The van der Waals surface area contributed by atoms with Crippen LogP contribution in [0.4, 0.5) is 5.69 Å². The first-order chi connectivity index (χ1) is 8.66. The third-order valence-corrected chi connectivity index (χ3v) is 2.29. The van der Waals surface area contributed by atoms with E-state index in [0.29, 0.717) is 5.82 Å². The number of carbonyl (C=O) groups is 1. The summed E-state index contributed by atoms with van der Waals surface area (Å²) in [4.78, 5) is 28.6. The van der Waals surface area contributed by atoms with Crippen LogP contribution in [0.25, 0.3) is 0 Å². The molecule has 1 heterocycles. The van der Waals surface area contributed by atoms with Crippen LogP contribution in [-0.2, 0) is 6.54 Å². The summed E-state index contributed by atoms with van der Waals surface area (Å²) in [5, 5.41) is 13.2. The summed E-state index contributed by atoms with van der Waals surface area (Å²) in [5.41, 5.74) is 0.136. The molecule has 0 bridgehead atoms. The quantitative estimate of drug-likeness (QED) is 0.626. The number of aromatic nitrogens is 2. The first kappa shape index (κ1) is 11.8. The van der Waals surface area contributed by atoms with Crippen molar-refractivity contribution in [1.29, 1.82) is 0 Å². The van der Waals surface area contributed by atoms with Crippen molar-refractivity contribution < 1.29 is 9.72 Å². The second kappa shape index (κ2) is 5.09. The summed E-state index contributed by atoms with van der Waals surface area (Å²) in [7, 11) is 0. The molecular formula is C11H10N4O3. The molecule has 18 heavy (non-hydrogen) atoms. The fourth-order valence-corrected chi connectivity index (χ4v) is 1.42. The van der Waals surface area contributed by atoms with Gasteiger partial charge in [-0.2, -0.15) is 0 Å². The van der Waals surface area contributed by atoms with E-state index in [0.717, 1.165) is 0 Å². The van der Waals surface area contributed by atoms with Gasteiger partial charge in [-0.15, -0.1) is 0 Å². The Morgan fingerprint density at radius 2 is 2.33 bits per heavy atom. The highest BCUT2D eigenvalue weighted by atomic mass is 16.6. The van der Waals surface area contributed by atoms with Gasteiger partial charge in [0.25, 0.3) is 11.6 Å². The number of carbonyl (C=O) groups excluding carboxylic acids is 1. The van der Waals surface area contributed by atoms with E-state index in [1.165, 1.54) is 24.3 Å². The van der Waals surface area contributed by atoms with E-state index < -0.39 is 4.92 Å². The molecule has 1 aromatic heterocycles. The van der Waals surface area contributed by atoms with E-state index in [-0.39, 0.29) is 23.7 Å². The number of nitrogens with zero attached hydrogens (tertiary/aromatic N) is 2. The average molecular weight is 246 g/mol. The number of amides is 1. The first-order valence-corrected chi connectivity index (χ1v) is 5.18. The van der Waals surface area contributed by atoms with Crippen LogP contribution in [0.3, 0.4) is 0 Å². The monoisotopic (exact) mass is 246 g/mol. The Morgan fingerprint density at radius 3 is 3.00 bits per heavy atom. The second-order valence-corrected chi connectivity index (χ2v) is 3.53. The molecule has 0 spiro atoms. The molecular weight excluding hydrogens is 236 g/mol. The summed E-state index contributed by atoms with van der Waals surface area (Å²) in [6.07, 6.45) is 3.23. The molecule has 2 N–H and O–H groups in total. The predicted molar refractivity (Wildman–Crippen MR) is 62.9 cm³/mol. The van der Waals surface area contributed by atoms with Gasteiger partial charge in [0.1, 0.15) is 5.82 Å². The van der Waals surface area contributed by atoms with Crippen molar-refractivity contribution in [1.82, 2.24) is 15.3 Å². The van der Waals surface area contributed by atoms with Crippen molar-refractivity contribution >= 4 is 11.6 Å². The molecule has 0 fully saturated rings. The normalized spacial score (nSPS) is 10.0. The number of H-pyrrole nitrogens is 1. The maximum absolute atomic E-state index is 11.7. The van der Waals surface area contributed by atoms with Crippen LogP contribution in [0.5, 0.6) is 0 Å². The first-order valence-electron chi connectivity index (χ1n) is 5.18. The van der Waals surface area contributed by atoms with E-state index in [1.807, 2.05) is 0 Å². The summed E-state index contributed by atoms with van der Waals surface area (Å²) in [6.45, 7) is 0.245. The highest BCUT2D eigenvalue weighted by Crippen LogP contribution is 2.12. The molecule has 0 atom stereocenters. The predicted octanol–water partition coefficient (Wildman–Crippen LogP) is 1.25. The van der Waals surface area contributed by atoms with E-state index in [1.54, 1.807) is 12.4 Å². The lowest BCUT2D eigenvalue weighted by Gasteiger charge is -2.03. The Balaban J connectivity index is 2.04. The Hall–Kier alpha value is -2.70. The average Bonchev–Trinajstić information content (AvgIpc) is 2.89. The summed E-state index contributed by atoms with van der Waals surface area (Å²) < 4.78 is 0. The molecule has 0 radical (unpaired) electrons. The Kier molecular flexibility index (Phi) is 3.33. The number of nitrogens with one attached hydrogen (secondary N) is 2. The molecule has 2 aromatic rings. The molecule has 0 aliphatic rings. The molecule has 7 nitrogen and oxygen atoms in total. The van der Waals surface area contributed by atoms with E-state index in [4.69, 9.17) is 0 Å². The van der Waals surface area contributed by atoms with Crippen LogP contribution in [0, 0.1) is 10.1 Å². The van der Waals surface area contributed by atoms with Crippen molar-refractivity contribution in [2.75, 3.05) is 0 Å². The topological polar surface area (TPSA) is 101 Å². The van der Waals surface area contributed by atoms with Gasteiger partial charge >= 0.3 is 0 Å². The molecule has 0 aliphatic carbocycles. The maximum Gasteiger partial charge on any atom is 0.270 e. The van der Waals surface area contributed by atoms with Gasteiger partial charge in [0.2, 0.25) is 0 Å². The van der Waals surface area contributed by atoms with Crippen LogP contribution < -0.4 is 5.32 Å². The third kappa shape index (κ3) is 2.70. The molecule has 0 saturated heterocycles. The molecule has 0 saturated carbocycles.